The van der Waals surface area contributed by atoms with Gasteiger partial charge in [0.25, 0.3) is 0 Å². The number of benzene rings is 2. The van der Waals surface area contributed by atoms with Crippen LogP contribution in [-0.4, -0.2) is 50.4 Å². The van der Waals surface area contributed by atoms with Crippen molar-refractivity contribution in [2.45, 2.75) is 18.9 Å². The van der Waals surface area contributed by atoms with Gasteiger partial charge in [0.15, 0.2) is 11.5 Å². The molecule has 1 fully saturated rings. The number of nitrogens with zero attached hydrogens (tertiary/aromatic N) is 1. The van der Waals surface area contributed by atoms with Gasteiger partial charge in [-0.05, 0) is 49.5 Å². The Morgan fingerprint density at radius 3 is 2.26 bits per heavy atom. The van der Waals surface area contributed by atoms with Crippen molar-refractivity contribution in [3.05, 3.63) is 52.9 Å². The maximum absolute atomic E-state index is 11.5. The number of methoxy groups -OCH3 is 3. The Morgan fingerprint density at radius 1 is 1.00 bits per heavy atom. The van der Waals surface area contributed by atoms with Crippen LogP contribution in [0.3, 0.4) is 0 Å². The fourth-order valence-electron chi connectivity index (χ4n) is 4.34. The van der Waals surface area contributed by atoms with Gasteiger partial charge in [0, 0.05) is 21.2 Å². The molecule has 1 unspecified atom stereocenters. The summed E-state index contributed by atoms with van der Waals surface area (Å²) in [5, 5.41) is 10.6. The van der Waals surface area contributed by atoms with Gasteiger partial charge in [0.1, 0.15) is 5.75 Å². The van der Waals surface area contributed by atoms with E-state index in [9.17, 15) is 9.90 Å². The highest BCUT2D eigenvalue weighted by Gasteiger charge is 2.33. The van der Waals surface area contributed by atoms with Crippen molar-refractivity contribution in [1.29, 1.82) is 0 Å². The number of carboxylic acids is 1. The molecule has 2 aromatic carbocycles. The lowest BCUT2D eigenvalue weighted by Gasteiger charge is -2.37. The monoisotopic (exact) mass is 441 g/mol. The molecule has 0 radical (unpaired) electrons. The SMILES string of the molecule is COc1cc(OC)c(C(c2cc3ccccc3s2)N2CCC(C(=O)O)CC2)cc1OC. The highest BCUT2D eigenvalue weighted by atomic mass is 32.1. The molecule has 6 nitrogen and oxygen atoms in total. The van der Waals surface area contributed by atoms with Crippen molar-refractivity contribution in [3.8, 4) is 17.2 Å². The van der Waals surface area contributed by atoms with Gasteiger partial charge in [-0.25, -0.2) is 0 Å². The third-order valence-corrected chi connectivity index (χ3v) is 7.16. The average molecular weight is 442 g/mol. The van der Waals surface area contributed by atoms with Crippen LogP contribution < -0.4 is 14.2 Å². The Morgan fingerprint density at radius 2 is 1.65 bits per heavy atom. The molecule has 1 aromatic heterocycles. The standard InChI is InChI=1S/C24H27NO5S/c1-28-18-14-20(30-3)19(29-2)13-17(18)23(25-10-8-15(9-11-25)24(26)27)22-12-16-6-4-5-7-21(16)31-22/h4-7,12-15,23H,8-11H2,1-3H3,(H,26,27). The van der Waals surface area contributed by atoms with Crippen LogP contribution in [0.4, 0.5) is 0 Å². The van der Waals surface area contributed by atoms with E-state index < -0.39 is 5.97 Å². The largest absolute Gasteiger partial charge is 0.496 e. The van der Waals surface area contributed by atoms with Gasteiger partial charge in [-0.1, -0.05) is 18.2 Å². The highest BCUT2D eigenvalue weighted by Crippen LogP contribution is 2.45. The lowest BCUT2D eigenvalue weighted by molar-refractivity contribution is -0.143. The molecule has 1 atom stereocenters. The second kappa shape index (κ2) is 9.16. The first-order chi connectivity index (χ1) is 15.0. The summed E-state index contributed by atoms with van der Waals surface area (Å²) in [6, 6.07) is 14.3. The molecule has 2 heterocycles. The van der Waals surface area contributed by atoms with Crippen molar-refractivity contribution in [1.82, 2.24) is 4.90 Å². The maximum Gasteiger partial charge on any atom is 0.306 e. The minimum Gasteiger partial charge on any atom is -0.496 e. The minimum absolute atomic E-state index is 0.0677. The molecule has 1 saturated heterocycles. The first-order valence-electron chi connectivity index (χ1n) is 10.3. The topological polar surface area (TPSA) is 68.2 Å². The van der Waals surface area contributed by atoms with E-state index in [4.69, 9.17) is 14.2 Å². The van der Waals surface area contributed by atoms with E-state index in [1.807, 2.05) is 24.3 Å². The van der Waals surface area contributed by atoms with E-state index in [1.165, 1.54) is 15.0 Å². The number of carboxylic acid groups (broad SMARTS) is 1. The Balaban J connectivity index is 1.82. The van der Waals surface area contributed by atoms with Crippen molar-refractivity contribution in [3.63, 3.8) is 0 Å². The lowest BCUT2D eigenvalue weighted by Crippen LogP contribution is -2.39. The zero-order valence-corrected chi connectivity index (χ0v) is 18.8. The number of hydrogen-bond donors (Lipinski definition) is 1. The van der Waals surface area contributed by atoms with Gasteiger partial charge in [-0.2, -0.15) is 0 Å². The first-order valence-corrected chi connectivity index (χ1v) is 11.1. The molecule has 164 valence electrons. The van der Waals surface area contributed by atoms with E-state index in [0.29, 0.717) is 37.4 Å². The zero-order valence-electron chi connectivity index (χ0n) is 18.0. The summed E-state index contributed by atoms with van der Waals surface area (Å²) < 4.78 is 18.0. The number of thiophene rings is 1. The number of carbonyl (C=O) groups is 1. The predicted molar refractivity (Wildman–Crippen MR) is 122 cm³/mol. The second-order valence-electron chi connectivity index (χ2n) is 7.69. The number of ether oxygens (including phenoxy) is 3. The Labute approximate surface area is 186 Å². The van der Waals surface area contributed by atoms with Crippen LogP contribution in [0, 0.1) is 5.92 Å². The van der Waals surface area contributed by atoms with Crippen molar-refractivity contribution in [2.75, 3.05) is 34.4 Å². The van der Waals surface area contributed by atoms with Crippen molar-refractivity contribution in [2.24, 2.45) is 5.92 Å². The molecule has 0 aliphatic carbocycles. The van der Waals surface area contributed by atoms with E-state index in [2.05, 4.69) is 23.1 Å². The maximum atomic E-state index is 11.5. The summed E-state index contributed by atoms with van der Waals surface area (Å²) >= 11 is 1.76. The Kier molecular flexibility index (Phi) is 6.34. The quantitative estimate of drug-likeness (QED) is 0.567. The van der Waals surface area contributed by atoms with E-state index >= 15 is 0 Å². The normalized spacial score (nSPS) is 16.2. The van der Waals surface area contributed by atoms with Crippen molar-refractivity contribution < 1.29 is 24.1 Å². The molecule has 0 bridgehead atoms. The summed E-state index contributed by atoms with van der Waals surface area (Å²) in [5.74, 6) is 0.987. The molecule has 31 heavy (non-hydrogen) atoms. The molecule has 0 spiro atoms. The molecule has 1 N–H and O–H groups in total. The third kappa shape index (κ3) is 4.20. The molecule has 1 aliphatic rings. The van der Waals surface area contributed by atoms with Crippen LogP contribution in [0.1, 0.15) is 29.3 Å². The summed E-state index contributed by atoms with van der Waals surface area (Å²) in [6.07, 6.45) is 1.26. The second-order valence-corrected chi connectivity index (χ2v) is 8.80. The van der Waals surface area contributed by atoms with E-state index in [-0.39, 0.29) is 12.0 Å². The van der Waals surface area contributed by atoms with Crippen LogP contribution >= 0.6 is 11.3 Å². The number of piperidine rings is 1. The van der Waals surface area contributed by atoms with Crippen LogP contribution in [0.5, 0.6) is 17.2 Å². The number of likely N-dealkylation sites (tertiary alicyclic amines) is 1. The first kappa shape index (κ1) is 21.5. The van der Waals surface area contributed by atoms with Crippen LogP contribution in [0.2, 0.25) is 0 Å². The molecule has 1 aliphatic heterocycles. The van der Waals surface area contributed by atoms with Gasteiger partial charge < -0.3 is 19.3 Å². The minimum atomic E-state index is -0.707. The molecular formula is C24H27NO5S. The van der Waals surface area contributed by atoms with E-state index in [1.54, 1.807) is 32.7 Å². The van der Waals surface area contributed by atoms with Crippen LogP contribution in [0.25, 0.3) is 10.1 Å². The summed E-state index contributed by atoms with van der Waals surface area (Å²) in [6.45, 7) is 1.40. The fourth-order valence-corrected chi connectivity index (χ4v) is 5.56. The van der Waals surface area contributed by atoms with Crippen LogP contribution in [-0.2, 0) is 4.79 Å². The average Bonchev–Trinajstić information content (AvgIpc) is 3.22. The van der Waals surface area contributed by atoms with Gasteiger partial charge in [0.2, 0.25) is 0 Å². The smallest absolute Gasteiger partial charge is 0.306 e. The van der Waals surface area contributed by atoms with E-state index in [0.717, 1.165) is 11.3 Å². The molecule has 0 amide bonds. The summed E-state index contributed by atoms with van der Waals surface area (Å²) in [7, 11) is 4.89. The fraction of sp³-hybridized carbons (Fsp3) is 0.375. The van der Waals surface area contributed by atoms with Gasteiger partial charge in [0.05, 0.1) is 33.3 Å². The van der Waals surface area contributed by atoms with Gasteiger partial charge in [-0.15, -0.1) is 11.3 Å². The van der Waals surface area contributed by atoms with Crippen LogP contribution in [0.15, 0.2) is 42.5 Å². The Bertz CT molecular complexity index is 1040. The number of aliphatic carboxylic acids is 1. The summed E-state index contributed by atoms with van der Waals surface area (Å²) in [5.41, 5.74) is 0.987. The van der Waals surface area contributed by atoms with Gasteiger partial charge >= 0.3 is 5.97 Å². The predicted octanol–water partition coefficient (Wildman–Crippen LogP) is 4.81. The van der Waals surface area contributed by atoms with Gasteiger partial charge in [-0.3, -0.25) is 9.69 Å². The highest BCUT2D eigenvalue weighted by molar-refractivity contribution is 7.19. The molecule has 3 aromatic rings. The Hall–Kier alpha value is -2.77. The molecule has 7 heteroatoms. The summed E-state index contributed by atoms with van der Waals surface area (Å²) in [4.78, 5) is 15.0. The number of rotatable bonds is 7. The zero-order chi connectivity index (χ0) is 22.0. The number of hydrogen-bond acceptors (Lipinski definition) is 6. The third-order valence-electron chi connectivity index (χ3n) is 5.99. The lowest BCUT2D eigenvalue weighted by atomic mass is 9.93. The van der Waals surface area contributed by atoms with Crippen molar-refractivity contribution >= 4 is 27.4 Å². The molecule has 0 saturated carbocycles. The molecular weight excluding hydrogens is 414 g/mol. The number of fused-ring (bicyclic) bond motifs is 1. The molecule has 4 rings (SSSR count).